The monoisotopic (exact) mass is 342 g/mol. The maximum atomic E-state index is 11.7. The van der Waals surface area contributed by atoms with Gasteiger partial charge in [0.05, 0.1) is 12.2 Å². The third kappa shape index (κ3) is 4.06. The van der Waals surface area contributed by atoms with Crippen molar-refractivity contribution in [2.45, 2.75) is 38.8 Å². The first-order chi connectivity index (χ1) is 9.72. The normalized spacial score (nSPS) is 14.6. The minimum atomic E-state index is -0.00791. The summed E-state index contributed by atoms with van der Waals surface area (Å²) in [5, 5.41) is 8.12. The van der Waals surface area contributed by atoms with Crippen molar-refractivity contribution in [2.24, 2.45) is 0 Å². The number of aryl methyl sites for hydroxylation is 1. The van der Waals surface area contributed by atoms with E-state index in [1.807, 2.05) is 10.7 Å². The number of aromatic nitrogens is 2. The van der Waals surface area contributed by atoms with Crippen LogP contribution < -0.4 is 5.32 Å². The minimum absolute atomic E-state index is 0.00791. The molecule has 110 valence electrons. The largest absolute Gasteiger partial charge is 0.339 e. The Kier molecular flexibility index (Phi) is 5.58. The van der Waals surface area contributed by atoms with Gasteiger partial charge in [-0.3, -0.25) is 14.3 Å². The average Bonchev–Trinajstić information content (AvgIpc) is 2.69. The highest BCUT2D eigenvalue weighted by atomic mass is 79.9. The Bertz CT molecular complexity index is 475. The van der Waals surface area contributed by atoms with Crippen molar-refractivity contribution in [3.05, 3.63) is 11.8 Å². The van der Waals surface area contributed by atoms with Crippen LogP contribution in [0, 0.1) is 0 Å². The molecule has 1 aliphatic rings. The molecule has 1 aliphatic heterocycles. The van der Waals surface area contributed by atoms with E-state index in [4.69, 9.17) is 0 Å². The van der Waals surface area contributed by atoms with Crippen LogP contribution in [0.3, 0.4) is 0 Å². The number of nitrogens with zero attached hydrogens (tertiary/aromatic N) is 3. The molecule has 0 saturated heterocycles. The molecule has 6 nitrogen and oxygen atoms in total. The summed E-state index contributed by atoms with van der Waals surface area (Å²) in [5.41, 5.74) is 0.963. The van der Waals surface area contributed by atoms with Crippen LogP contribution in [0.4, 0.5) is 5.82 Å². The summed E-state index contributed by atoms with van der Waals surface area (Å²) < 4.78 is 1.87. The molecular weight excluding hydrogens is 324 g/mol. The van der Waals surface area contributed by atoms with Crippen molar-refractivity contribution in [3.8, 4) is 0 Å². The summed E-state index contributed by atoms with van der Waals surface area (Å²) in [6.45, 7) is 2.08. The fourth-order valence-corrected chi connectivity index (χ4v) is 2.62. The van der Waals surface area contributed by atoms with E-state index in [2.05, 4.69) is 26.3 Å². The zero-order chi connectivity index (χ0) is 14.4. The van der Waals surface area contributed by atoms with Gasteiger partial charge in [0.25, 0.3) is 0 Å². The van der Waals surface area contributed by atoms with Crippen molar-refractivity contribution < 1.29 is 9.59 Å². The van der Waals surface area contributed by atoms with E-state index < -0.39 is 0 Å². The number of halogens is 1. The van der Waals surface area contributed by atoms with Crippen molar-refractivity contribution >= 4 is 34.1 Å². The van der Waals surface area contributed by atoms with Crippen molar-refractivity contribution in [1.82, 2.24) is 14.7 Å². The Balaban J connectivity index is 1.94. The standard InChI is InChI=1S/C13H19BrN4O2/c14-5-2-1-4-13(20)15-12-8-11-9-17(10-19)6-3-7-18(11)16-12/h8,10H,1-7,9H2,(H,15,16,20). The Morgan fingerprint density at radius 2 is 2.30 bits per heavy atom. The Morgan fingerprint density at radius 1 is 1.45 bits per heavy atom. The predicted molar refractivity (Wildman–Crippen MR) is 79.6 cm³/mol. The first-order valence-corrected chi connectivity index (χ1v) is 7.97. The van der Waals surface area contributed by atoms with E-state index in [1.165, 1.54) is 0 Å². The van der Waals surface area contributed by atoms with Gasteiger partial charge in [-0.1, -0.05) is 15.9 Å². The molecule has 0 aromatic carbocycles. The van der Waals surface area contributed by atoms with Gasteiger partial charge in [-0.2, -0.15) is 5.10 Å². The molecule has 7 heteroatoms. The van der Waals surface area contributed by atoms with E-state index >= 15 is 0 Å². The third-order valence-corrected chi connectivity index (χ3v) is 3.81. The number of nitrogens with one attached hydrogen (secondary N) is 1. The Hall–Kier alpha value is -1.37. The summed E-state index contributed by atoms with van der Waals surface area (Å²) in [4.78, 5) is 24.3. The lowest BCUT2D eigenvalue weighted by Crippen LogP contribution is -2.20. The quantitative estimate of drug-likeness (QED) is 0.486. The molecule has 0 bridgehead atoms. The van der Waals surface area contributed by atoms with Gasteiger partial charge in [0.1, 0.15) is 0 Å². The van der Waals surface area contributed by atoms with Gasteiger partial charge in [-0.05, 0) is 19.3 Å². The first-order valence-electron chi connectivity index (χ1n) is 6.85. The van der Waals surface area contributed by atoms with E-state index in [9.17, 15) is 9.59 Å². The van der Waals surface area contributed by atoms with Gasteiger partial charge >= 0.3 is 0 Å². The van der Waals surface area contributed by atoms with Gasteiger partial charge < -0.3 is 10.2 Å². The van der Waals surface area contributed by atoms with E-state index in [1.54, 1.807) is 4.90 Å². The molecule has 2 rings (SSSR count). The van der Waals surface area contributed by atoms with Crippen LogP contribution in [0.2, 0.25) is 0 Å². The Morgan fingerprint density at radius 3 is 3.05 bits per heavy atom. The lowest BCUT2D eigenvalue weighted by atomic mass is 10.2. The van der Waals surface area contributed by atoms with Crippen LogP contribution in [0.1, 0.15) is 31.4 Å². The fraction of sp³-hybridized carbons (Fsp3) is 0.615. The molecule has 0 unspecified atom stereocenters. The number of anilines is 1. The lowest BCUT2D eigenvalue weighted by molar-refractivity contribution is -0.118. The summed E-state index contributed by atoms with van der Waals surface area (Å²) in [7, 11) is 0. The third-order valence-electron chi connectivity index (χ3n) is 3.25. The number of hydrogen-bond donors (Lipinski definition) is 1. The lowest BCUT2D eigenvalue weighted by Gasteiger charge is -2.12. The zero-order valence-electron chi connectivity index (χ0n) is 11.3. The van der Waals surface area contributed by atoms with Crippen molar-refractivity contribution in [2.75, 3.05) is 17.2 Å². The van der Waals surface area contributed by atoms with Crippen molar-refractivity contribution in [3.63, 3.8) is 0 Å². The van der Waals surface area contributed by atoms with Crippen molar-refractivity contribution in [1.29, 1.82) is 0 Å². The highest BCUT2D eigenvalue weighted by Gasteiger charge is 2.16. The Labute approximate surface area is 126 Å². The van der Waals surface area contributed by atoms with Crippen LogP contribution >= 0.6 is 15.9 Å². The summed E-state index contributed by atoms with van der Waals surface area (Å²) in [6.07, 6.45) is 4.10. The van der Waals surface area contributed by atoms with Crippen LogP contribution in [-0.4, -0.2) is 38.9 Å². The summed E-state index contributed by atoms with van der Waals surface area (Å²) in [5.74, 6) is 0.572. The maximum absolute atomic E-state index is 11.7. The summed E-state index contributed by atoms with van der Waals surface area (Å²) >= 11 is 3.34. The molecule has 0 radical (unpaired) electrons. The van der Waals surface area contributed by atoms with E-state index in [0.29, 0.717) is 18.8 Å². The highest BCUT2D eigenvalue weighted by Crippen LogP contribution is 2.16. The predicted octanol–water partition coefficient (Wildman–Crippen LogP) is 1.75. The van der Waals surface area contributed by atoms with Crippen LogP contribution in [-0.2, 0) is 22.7 Å². The molecule has 20 heavy (non-hydrogen) atoms. The smallest absolute Gasteiger partial charge is 0.225 e. The maximum Gasteiger partial charge on any atom is 0.225 e. The number of hydrogen-bond acceptors (Lipinski definition) is 3. The second-order valence-electron chi connectivity index (χ2n) is 4.87. The molecule has 1 N–H and O–H groups in total. The summed E-state index contributed by atoms with van der Waals surface area (Å²) in [6, 6.07) is 1.85. The zero-order valence-corrected chi connectivity index (χ0v) is 12.9. The first kappa shape index (κ1) is 15.0. The molecule has 0 fully saturated rings. The molecule has 0 saturated carbocycles. The number of unbranched alkanes of at least 4 members (excludes halogenated alkanes) is 1. The SMILES string of the molecule is O=CN1CCCn2nc(NC(=O)CCCCBr)cc2C1. The van der Waals surface area contributed by atoms with Gasteiger partial charge in [-0.25, -0.2) is 0 Å². The van der Waals surface area contributed by atoms with Gasteiger partial charge in [-0.15, -0.1) is 0 Å². The van der Waals surface area contributed by atoms with Crippen LogP contribution in [0.15, 0.2) is 6.07 Å². The second-order valence-corrected chi connectivity index (χ2v) is 5.66. The molecular formula is C13H19BrN4O2. The van der Waals surface area contributed by atoms with E-state index in [-0.39, 0.29) is 5.91 Å². The number of fused-ring (bicyclic) bond motifs is 1. The molecule has 0 aliphatic carbocycles. The molecule has 1 aromatic heterocycles. The molecule has 2 amide bonds. The number of carbonyl (C=O) groups is 2. The number of alkyl halides is 1. The fourth-order valence-electron chi connectivity index (χ4n) is 2.22. The molecule has 1 aromatic rings. The van der Waals surface area contributed by atoms with Gasteiger partial charge in [0.2, 0.25) is 12.3 Å². The number of amides is 2. The van der Waals surface area contributed by atoms with E-state index in [0.717, 1.165) is 49.8 Å². The van der Waals surface area contributed by atoms with Crippen LogP contribution in [0.5, 0.6) is 0 Å². The van der Waals surface area contributed by atoms with Gasteiger partial charge in [0, 0.05) is 30.9 Å². The minimum Gasteiger partial charge on any atom is -0.339 e. The highest BCUT2D eigenvalue weighted by molar-refractivity contribution is 9.09. The molecule has 0 spiro atoms. The second kappa shape index (κ2) is 7.42. The topological polar surface area (TPSA) is 67.2 Å². The molecule has 0 atom stereocenters. The number of rotatable bonds is 6. The molecule has 2 heterocycles. The number of carbonyl (C=O) groups excluding carboxylic acids is 2. The average molecular weight is 343 g/mol. The van der Waals surface area contributed by atoms with Gasteiger partial charge in [0.15, 0.2) is 5.82 Å². The van der Waals surface area contributed by atoms with Crippen LogP contribution in [0.25, 0.3) is 0 Å².